The number of aryl methyl sites for hydroxylation is 3. The molecule has 174 valence electrons. The molecular formula is C28H28ClN3O2. The van der Waals surface area contributed by atoms with Gasteiger partial charge < -0.3 is 14.2 Å². The van der Waals surface area contributed by atoms with Crippen molar-refractivity contribution < 1.29 is 9.53 Å². The summed E-state index contributed by atoms with van der Waals surface area (Å²) in [5, 5.41) is 0.591. The third-order valence-corrected chi connectivity index (χ3v) is 6.91. The van der Waals surface area contributed by atoms with Crippen LogP contribution in [0.25, 0.3) is 11.0 Å². The van der Waals surface area contributed by atoms with Crippen LogP contribution in [0.1, 0.15) is 35.7 Å². The summed E-state index contributed by atoms with van der Waals surface area (Å²) in [6.07, 6.45) is 1.27. The van der Waals surface area contributed by atoms with Crippen molar-refractivity contribution in [2.45, 2.75) is 39.2 Å². The van der Waals surface area contributed by atoms with Gasteiger partial charge in [0.1, 0.15) is 11.6 Å². The van der Waals surface area contributed by atoms with E-state index in [1.54, 1.807) is 4.90 Å². The summed E-state index contributed by atoms with van der Waals surface area (Å²) in [5.41, 5.74) is 5.30. The number of hydrogen-bond donors (Lipinski definition) is 0. The van der Waals surface area contributed by atoms with Gasteiger partial charge in [0.25, 0.3) is 0 Å². The first-order valence-corrected chi connectivity index (χ1v) is 12.1. The lowest BCUT2D eigenvalue weighted by Crippen LogP contribution is -2.24. The maximum absolute atomic E-state index is 12.9. The van der Waals surface area contributed by atoms with Crippen molar-refractivity contribution in [1.29, 1.82) is 0 Å². The number of aromatic nitrogens is 2. The minimum atomic E-state index is 0.0110. The Kier molecular flexibility index (Phi) is 6.29. The lowest BCUT2D eigenvalue weighted by atomic mass is 10.1. The summed E-state index contributed by atoms with van der Waals surface area (Å²) < 4.78 is 8.27. The molecule has 1 fully saturated rings. The van der Waals surface area contributed by atoms with Crippen LogP contribution in [0.2, 0.25) is 5.02 Å². The number of nitrogens with zero attached hydrogens (tertiary/aromatic N) is 3. The highest BCUT2D eigenvalue weighted by atomic mass is 35.5. The van der Waals surface area contributed by atoms with E-state index in [1.807, 2.05) is 48.5 Å². The van der Waals surface area contributed by atoms with Crippen molar-refractivity contribution in [3.05, 3.63) is 88.7 Å². The lowest BCUT2D eigenvalue weighted by Gasteiger charge is -2.18. The van der Waals surface area contributed by atoms with Crippen LogP contribution in [0.3, 0.4) is 0 Å². The highest BCUT2D eigenvalue weighted by Gasteiger charge is 2.35. The van der Waals surface area contributed by atoms with Crippen LogP contribution >= 0.6 is 11.6 Å². The number of hydrogen-bond acceptors (Lipinski definition) is 3. The monoisotopic (exact) mass is 473 g/mol. The van der Waals surface area contributed by atoms with Crippen molar-refractivity contribution >= 4 is 34.2 Å². The number of ether oxygens (including phenoxy) is 1. The zero-order valence-electron chi connectivity index (χ0n) is 19.5. The third-order valence-electron chi connectivity index (χ3n) is 6.59. The number of fused-ring (bicyclic) bond motifs is 1. The molecule has 1 aliphatic rings. The lowest BCUT2D eigenvalue weighted by molar-refractivity contribution is -0.117. The van der Waals surface area contributed by atoms with Gasteiger partial charge in [-0.05, 0) is 67.8 Å². The Hall–Kier alpha value is -3.31. The Morgan fingerprint density at radius 3 is 2.65 bits per heavy atom. The third kappa shape index (κ3) is 4.40. The number of carbonyl (C=O) groups excluding carboxylic acids is 1. The molecule has 1 atom stereocenters. The van der Waals surface area contributed by atoms with Crippen LogP contribution in [0, 0.1) is 13.8 Å². The molecule has 34 heavy (non-hydrogen) atoms. The Labute approximate surface area is 204 Å². The molecule has 2 heterocycles. The number of anilines is 1. The molecule has 0 aliphatic carbocycles. The van der Waals surface area contributed by atoms with Gasteiger partial charge in [0.15, 0.2) is 0 Å². The van der Waals surface area contributed by atoms with Crippen molar-refractivity contribution in [1.82, 2.24) is 9.55 Å². The first-order chi connectivity index (χ1) is 16.5. The Morgan fingerprint density at radius 1 is 1.03 bits per heavy atom. The van der Waals surface area contributed by atoms with E-state index < -0.39 is 0 Å². The molecule has 1 amide bonds. The molecule has 0 saturated carbocycles. The van der Waals surface area contributed by atoms with E-state index in [1.165, 1.54) is 11.1 Å². The molecule has 1 aromatic heterocycles. The van der Waals surface area contributed by atoms with Crippen LogP contribution in [-0.2, 0) is 11.3 Å². The normalized spacial score (nSPS) is 15.9. The second-order valence-electron chi connectivity index (χ2n) is 8.92. The SMILES string of the molecule is Cc1ccc(OCCCn2c(C3CC(=O)N(c4ccccc4Cl)C3)nc3ccccc32)cc1C. The van der Waals surface area contributed by atoms with Gasteiger partial charge >= 0.3 is 0 Å². The highest BCUT2D eigenvalue weighted by molar-refractivity contribution is 6.33. The standard InChI is InChI=1S/C28H28ClN3O2/c1-19-12-13-22(16-20(19)2)34-15-7-14-31-26-11-6-4-9-24(26)30-28(31)21-17-27(33)32(18-21)25-10-5-3-8-23(25)29/h3-6,8-13,16,21H,7,14-15,17-18H2,1-2H3. The van der Waals surface area contributed by atoms with E-state index >= 15 is 0 Å². The number of halogens is 1. The summed E-state index contributed by atoms with van der Waals surface area (Å²) in [6.45, 7) is 6.17. The summed E-state index contributed by atoms with van der Waals surface area (Å²) in [6, 6.07) is 21.9. The molecule has 0 radical (unpaired) electrons. The largest absolute Gasteiger partial charge is 0.494 e. The summed E-state index contributed by atoms with van der Waals surface area (Å²) in [4.78, 5) is 19.7. The number of para-hydroxylation sites is 3. The van der Waals surface area contributed by atoms with Gasteiger partial charge in [0.2, 0.25) is 5.91 Å². The minimum absolute atomic E-state index is 0.0110. The number of benzene rings is 3. The zero-order chi connectivity index (χ0) is 23.7. The van der Waals surface area contributed by atoms with Crippen LogP contribution < -0.4 is 9.64 Å². The second kappa shape index (κ2) is 9.51. The second-order valence-corrected chi connectivity index (χ2v) is 9.32. The number of carbonyl (C=O) groups is 1. The van der Waals surface area contributed by atoms with E-state index in [-0.39, 0.29) is 11.8 Å². The molecule has 0 N–H and O–H groups in total. The van der Waals surface area contributed by atoms with E-state index in [2.05, 4.69) is 36.6 Å². The summed E-state index contributed by atoms with van der Waals surface area (Å²) in [5.74, 6) is 1.94. The molecule has 6 heteroatoms. The molecule has 1 saturated heterocycles. The number of imidazole rings is 1. The summed E-state index contributed by atoms with van der Waals surface area (Å²) in [7, 11) is 0. The Balaban J connectivity index is 1.34. The average molecular weight is 474 g/mol. The molecule has 1 aliphatic heterocycles. The van der Waals surface area contributed by atoms with E-state index in [0.717, 1.165) is 41.3 Å². The van der Waals surface area contributed by atoms with E-state index in [4.69, 9.17) is 21.3 Å². The van der Waals surface area contributed by atoms with Crippen LogP contribution in [0.4, 0.5) is 5.69 Å². The predicted molar refractivity (Wildman–Crippen MR) is 137 cm³/mol. The van der Waals surface area contributed by atoms with Crippen LogP contribution in [-0.4, -0.2) is 28.6 Å². The molecule has 4 aromatic rings. The quantitative estimate of drug-likeness (QED) is 0.296. The molecule has 0 spiro atoms. The minimum Gasteiger partial charge on any atom is -0.494 e. The topological polar surface area (TPSA) is 47.4 Å². The Bertz CT molecular complexity index is 1350. The molecule has 0 bridgehead atoms. The molecule has 1 unspecified atom stereocenters. The van der Waals surface area contributed by atoms with Gasteiger partial charge in [-0.2, -0.15) is 0 Å². The maximum Gasteiger partial charge on any atom is 0.227 e. The van der Waals surface area contributed by atoms with Gasteiger partial charge in [-0.3, -0.25) is 4.79 Å². The molecule has 5 rings (SSSR count). The van der Waals surface area contributed by atoms with Crippen molar-refractivity contribution in [3.63, 3.8) is 0 Å². The van der Waals surface area contributed by atoms with Crippen LogP contribution in [0.15, 0.2) is 66.7 Å². The van der Waals surface area contributed by atoms with Gasteiger partial charge in [-0.15, -0.1) is 0 Å². The number of rotatable bonds is 7. The molecule has 5 nitrogen and oxygen atoms in total. The van der Waals surface area contributed by atoms with Crippen LogP contribution in [0.5, 0.6) is 5.75 Å². The zero-order valence-corrected chi connectivity index (χ0v) is 20.3. The fraction of sp³-hybridized carbons (Fsp3) is 0.286. The fourth-order valence-corrected chi connectivity index (χ4v) is 4.88. The number of amides is 1. The first kappa shape index (κ1) is 22.5. The van der Waals surface area contributed by atoms with Gasteiger partial charge in [0.05, 0.1) is 28.4 Å². The maximum atomic E-state index is 12.9. The summed E-state index contributed by atoms with van der Waals surface area (Å²) >= 11 is 6.38. The smallest absolute Gasteiger partial charge is 0.227 e. The fourth-order valence-electron chi connectivity index (χ4n) is 4.64. The van der Waals surface area contributed by atoms with Crippen molar-refractivity contribution in [3.8, 4) is 5.75 Å². The molecule has 3 aromatic carbocycles. The van der Waals surface area contributed by atoms with Crippen molar-refractivity contribution in [2.75, 3.05) is 18.1 Å². The predicted octanol–water partition coefficient (Wildman–Crippen LogP) is 6.30. The highest BCUT2D eigenvalue weighted by Crippen LogP contribution is 2.36. The van der Waals surface area contributed by atoms with E-state index in [9.17, 15) is 4.79 Å². The Morgan fingerprint density at radius 2 is 1.82 bits per heavy atom. The van der Waals surface area contributed by atoms with Gasteiger partial charge in [-0.1, -0.05) is 41.9 Å². The van der Waals surface area contributed by atoms with E-state index in [0.29, 0.717) is 24.6 Å². The van der Waals surface area contributed by atoms with Gasteiger partial charge in [-0.25, -0.2) is 4.98 Å². The average Bonchev–Trinajstić information content (AvgIpc) is 3.40. The molecular weight excluding hydrogens is 446 g/mol. The first-order valence-electron chi connectivity index (χ1n) is 11.7. The van der Waals surface area contributed by atoms with Gasteiger partial charge in [0, 0.05) is 25.4 Å². The van der Waals surface area contributed by atoms with Crippen molar-refractivity contribution in [2.24, 2.45) is 0 Å².